The zero-order chi connectivity index (χ0) is 16.1. The Morgan fingerprint density at radius 1 is 1.50 bits per heavy atom. The highest BCUT2D eigenvalue weighted by Gasteiger charge is 2.24. The zero-order valence-electron chi connectivity index (χ0n) is 13.1. The highest BCUT2D eigenvalue weighted by Crippen LogP contribution is 2.19. The van der Waals surface area contributed by atoms with Crippen LogP contribution in [0.4, 0.5) is 4.79 Å². The third-order valence-electron chi connectivity index (χ3n) is 3.86. The van der Waals surface area contributed by atoms with Crippen LogP contribution in [0.15, 0.2) is 24.3 Å². The average molecular weight is 304 g/mol. The number of nitrogens with zero attached hydrogens (tertiary/aromatic N) is 1. The van der Waals surface area contributed by atoms with Crippen molar-refractivity contribution < 1.29 is 9.59 Å². The van der Waals surface area contributed by atoms with Gasteiger partial charge in [-0.3, -0.25) is 4.79 Å². The van der Waals surface area contributed by atoms with Crippen molar-refractivity contribution in [3.05, 3.63) is 35.4 Å². The van der Waals surface area contributed by atoms with Crippen molar-refractivity contribution in [1.82, 2.24) is 15.5 Å². The number of hydrogen-bond acceptors (Lipinski definition) is 3. The molecule has 1 fully saturated rings. The zero-order valence-corrected chi connectivity index (χ0v) is 13.1. The van der Waals surface area contributed by atoms with Gasteiger partial charge in [0, 0.05) is 25.7 Å². The molecule has 2 unspecified atom stereocenters. The minimum Gasteiger partial charge on any atom is -0.352 e. The molecule has 120 valence electrons. The first kappa shape index (κ1) is 16.3. The van der Waals surface area contributed by atoms with Crippen molar-refractivity contribution in [2.24, 2.45) is 5.73 Å². The molecule has 1 aliphatic heterocycles. The maximum absolute atomic E-state index is 12.5. The molecule has 0 radical (unpaired) electrons. The molecule has 0 aliphatic carbocycles. The highest BCUT2D eigenvalue weighted by atomic mass is 16.2. The normalized spacial score (nSPS) is 19.5. The van der Waals surface area contributed by atoms with Gasteiger partial charge in [-0.05, 0) is 19.4 Å². The maximum Gasteiger partial charge on any atom is 0.312 e. The predicted molar refractivity (Wildman–Crippen MR) is 85.3 cm³/mol. The van der Waals surface area contributed by atoms with Crippen LogP contribution in [0.1, 0.15) is 30.5 Å². The van der Waals surface area contributed by atoms with E-state index in [-0.39, 0.29) is 12.3 Å². The van der Waals surface area contributed by atoms with Crippen LogP contribution in [0.2, 0.25) is 0 Å². The molecule has 0 saturated carbocycles. The summed E-state index contributed by atoms with van der Waals surface area (Å²) in [5.74, 6) is 0.0357. The van der Waals surface area contributed by atoms with Crippen molar-refractivity contribution >= 4 is 11.9 Å². The van der Waals surface area contributed by atoms with Gasteiger partial charge in [0.1, 0.15) is 0 Å². The van der Waals surface area contributed by atoms with Gasteiger partial charge in [-0.25, -0.2) is 4.79 Å². The van der Waals surface area contributed by atoms with Gasteiger partial charge in [0.05, 0.1) is 12.5 Å². The molecule has 2 rings (SSSR count). The van der Waals surface area contributed by atoms with Crippen molar-refractivity contribution in [2.75, 3.05) is 19.6 Å². The van der Waals surface area contributed by atoms with E-state index in [2.05, 4.69) is 17.6 Å². The number of nitrogens with one attached hydrogen (secondary N) is 2. The Kier molecular flexibility index (Phi) is 5.38. The van der Waals surface area contributed by atoms with Crippen LogP contribution < -0.4 is 16.4 Å². The molecule has 1 saturated heterocycles. The Bertz CT molecular complexity index is 547. The Hall–Kier alpha value is -2.08. The number of aryl methyl sites for hydroxylation is 1. The predicted octanol–water partition coefficient (Wildman–Crippen LogP) is 0.915. The van der Waals surface area contributed by atoms with E-state index in [0.29, 0.717) is 19.1 Å². The summed E-state index contributed by atoms with van der Waals surface area (Å²) in [7, 11) is 0. The van der Waals surface area contributed by atoms with E-state index in [1.165, 1.54) is 0 Å². The Morgan fingerprint density at radius 2 is 2.27 bits per heavy atom. The Morgan fingerprint density at radius 3 is 2.91 bits per heavy atom. The van der Waals surface area contributed by atoms with Gasteiger partial charge < -0.3 is 21.3 Å². The van der Waals surface area contributed by atoms with Crippen molar-refractivity contribution in [3.63, 3.8) is 0 Å². The SMILES string of the molecule is Cc1cccc(C(CC(=O)N2CCNC(C)C2)NC(N)=O)c1. The van der Waals surface area contributed by atoms with Crippen molar-refractivity contribution in [2.45, 2.75) is 32.4 Å². The molecular formula is C16H24N4O2. The molecule has 0 aromatic heterocycles. The molecule has 6 heteroatoms. The van der Waals surface area contributed by atoms with E-state index in [1.54, 1.807) is 0 Å². The molecule has 22 heavy (non-hydrogen) atoms. The van der Waals surface area contributed by atoms with E-state index >= 15 is 0 Å². The van der Waals surface area contributed by atoms with Crippen LogP contribution in [0, 0.1) is 6.92 Å². The quantitative estimate of drug-likeness (QED) is 0.773. The number of benzene rings is 1. The first-order valence-corrected chi connectivity index (χ1v) is 7.59. The molecule has 4 N–H and O–H groups in total. The number of rotatable bonds is 4. The summed E-state index contributed by atoms with van der Waals surface area (Å²) in [6.45, 7) is 6.21. The largest absolute Gasteiger partial charge is 0.352 e. The first-order valence-electron chi connectivity index (χ1n) is 7.59. The molecular weight excluding hydrogens is 280 g/mol. The van der Waals surface area contributed by atoms with Gasteiger partial charge in [-0.2, -0.15) is 0 Å². The lowest BCUT2D eigenvalue weighted by molar-refractivity contribution is -0.132. The standard InChI is InChI=1S/C16H24N4O2/c1-11-4-3-5-13(8-11)14(19-16(17)22)9-15(21)20-7-6-18-12(2)10-20/h3-5,8,12,14,18H,6-7,9-10H2,1-2H3,(H3,17,19,22). The number of primary amides is 1. The van der Waals surface area contributed by atoms with Crippen LogP contribution in [0.25, 0.3) is 0 Å². The molecule has 0 bridgehead atoms. The van der Waals surface area contributed by atoms with Crippen LogP contribution >= 0.6 is 0 Å². The second-order valence-electron chi connectivity index (χ2n) is 5.87. The van der Waals surface area contributed by atoms with E-state index < -0.39 is 12.1 Å². The van der Waals surface area contributed by atoms with Crippen molar-refractivity contribution in [1.29, 1.82) is 0 Å². The lowest BCUT2D eigenvalue weighted by Gasteiger charge is -2.33. The number of carbonyl (C=O) groups is 2. The minimum absolute atomic E-state index is 0.0357. The van der Waals surface area contributed by atoms with Crippen LogP contribution in [0.3, 0.4) is 0 Å². The molecule has 3 amide bonds. The van der Waals surface area contributed by atoms with Gasteiger partial charge in [0.25, 0.3) is 0 Å². The summed E-state index contributed by atoms with van der Waals surface area (Å²) in [5, 5.41) is 5.99. The van der Waals surface area contributed by atoms with Crippen molar-refractivity contribution in [3.8, 4) is 0 Å². The average Bonchev–Trinajstić information content (AvgIpc) is 2.46. The fraction of sp³-hybridized carbons (Fsp3) is 0.500. The minimum atomic E-state index is -0.618. The molecule has 1 aliphatic rings. The van der Waals surface area contributed by atoms with Gasteiger partial charge in [-0.15, -0.1) is 0 Å². The monoisotopic (exact) mass is 304 g/mol. The summed E-state index contributed by atoms with van der Waals surface area (Å²) >= 11 is 0. The van der Waals surface area contributed by atoms with Gasteiger partial charge in [-0.1, -0.05) is 29.8 Å². The lowest BCUT2D eigenvalue weighted by Crippen LogP contribution is -2.52. The molecule has 6 nitrogen and oxygen atoms in total. The lowest BCUT2D eigenvalue weighted by atomic mass is 10.0. The maximum atomic E-state index is 12.5. The molecule has 0 spiro atoms. The fourth-order valence-corrected chi connectivity index (χ4v) is 2.77. The summed E-state index contributed by atoms with van der Waals surface area (Å²) < 4.78 is 0. The van der Waals surface area contributed by atoms with E-state index in [9.17, 15) is 9.59 Å². The van der Waals surface area contributed by atoms with Gasteiger partial charge >= 0.3 is 6.03 Å². The number of hydrogen-bond donors (Lipinski definition) is 3. The van der Waals surface area contributed by atoms with Gasteiger partial charge in [0.2, 0.25) is 5.91 Å². The Balaban J connectivity index is 2.09. The highest BCUT2D eigenvalue weighted by molar-refractivity contribution is 5.79. The number of urea groups is 1. The van der Waals surface area contributed by atoms with E-state index in [4.69, 9.17) is 5.73 Å². The molecule has 1 aromatic rings. The summed E-state index contributed by atoms with van der Waals surface area (Å²) in [5.41, 5.74) is 7.24. The number of piperazine rings is 1. The van der Waals surface area contributed by atoms with Crippen LogP contribution in [0.5, 0.6) is 0 Å². The fourth-order valence-electron chi connectivity index (χ4n) is 2.77. The number of nitrogens with two attached hydrogens (primary N) is 1. The third-order valence-corrected chi connectivity index (χ3v) is 3.86. The number of carbonyl (C=O) groups excluding carboxylic acids is 2. The summed E-state index contributed by atoms with van der Waals surface area (Å²) in [4.78, 5) is 25.6. The second-order valence-corrected chi connectivity index (χ2v) is 5.87. The van der Waals surface area contributed by atoms with Gasteiger partial charge in [0.15, 0.2) is 0 Å². The van der Waals surface area contributed by atoms with Crippen LogP contribution in [-0.2, 0) is 4.79 Å². The summed E-state index contributed by atoms with van der Waals surface area (Å²) in [6, 6.07) is 7.04. The smallest absolute Gasteiger partial charge is 0.312 e. The Labute approximate surface area is 131 Å². The number of amides is 3. The second kappa shape index (κ2) is 7.26. The molecule has 1 heterocycles. The van der Waals surface area contributed by atoms with E-state index in [1.807, 2.05) is 36.1 Å². The first-order chi connectivity index (χ1) is 10.5. The molecule has 2 atom stereocenters. The topological polar surface area (TPSA) is 87.5 Å². The van der Waals surface area contributed by atoms with E-state index in [0.717, 1.165) is 17.7 Å². The van der Waals surface area contributed by atoms with Crippen LogP contribution in [-0.4, -0.2) is 42.5 Å². The molecule has 1 aromatic carbocycles. The summed E-state index contributed by atoms with van der Waals surface area (Å²) in [6.07, 6.45) is 0.221. The third kappa shape index (κ3) is 4.46.